The van der Waals surface area contributed by atoms with Crippen molar-refractivity contribution in [3.63, 3.8) is 0 Å². The van der Waals surface area contributed by atoms with Gasteiger partial charge in [-0.25, -0.2) is 14.2 Å². The van der Waals surface area contributed by atoms with Crippen LogP contribution in [0.5, 0.6) is 0 Å². The molecule has 1 aromatic carbocycles. The smallest absolute Gasteiger partial charge is 0.339 e. The molecule has 34 heavy (non-hydrogen) atoms. The van der Waals surface area contributed by atoms with Gasteiger partial charge in [0, 0.05) is 77.2 Å². The van der Waals surface area contributed by atoms with E-state index in [1.165, 1.54) is 12.1 Å². The number of esters is 1. The summed E-state index contributed by atoms with van der Waals surface area (Å²) in [4.78, 5) is 37.6. The van der Waals surface area contributed by atoms with Crippen molar-refractivity contribution in [2.45, 2.75) is 13.3 Å². The second-order valence-corrected chi connectivity index (χ2v) is 8.55. The quantitative estimate of drug-likeness (QED) is 0.576. The lowest BCUT2D eigenvalue weighted by atomic mass is 10.2. The second-order valence-electron chi connectivity index (χ2n) is 8.55. The van der Waals surface area contributed by atoms with E-state index in [4.69, 9.17) is 4.74 Å². The van der Waals surface area contributed by atoms with Gasteiger partial charge in [-0.2, -0.15) is 0 Å². The fourth-order valence-corrected chi connectivity index (χ4v) is 4.39. The highest BCUT2D eigenvalue weighted by atomic mass is 19.1. The van der Waals surface area contributed by atoms with Crippen LogP contribution >= 0.6 is 0 Å². The van der Waals surface area contributed by atoms with Crippen molar-refractivity contribution in [2.24, 2.45) is 0 Å². The summed E-state index contributed by atoms with van der Waals surface area (Å²) in [6, 6.07) is 10.1. The maximum absolute atomic E-state index is 13.1. The lowest BCUT2D eigenvalue weighted by Crippen LogP contribution is -2.50. The summed E-state index contributed by atoms with van der Waals surface area (Å²) in [5.41, 5.74) is 1.46. The van der Waals surface area contributed by atoms with Crippen molar-refractivity contribution < 1.29 is 18.7 Å². The normalized spacial score (nSPS) is 17.1. The number of pyridine rings is 1. The molecule has 1 amide bonds. The number of nitrogens with zero attached hydrogens (tertiary/aromatic N) is 5. The van der Waals surface area contributed by atoms with Crippen LogP contribution in [0.3, 0.4) is 0 Å². The molecule has 182 valence electrons. The van der Waals surface area contributed by atoms with Crippen LogP contribution in [0, 0.1) is 5.82 Å². The zero-order valence-electron chi connectivity index (χ0n) is 19.7. The number of ether oxygens (including phenoxy) is 1. The first-order valence-corrected chi connectivity index (χ1v) is 11.9. The number of hydrogen-bond acceptors (Lipinski definition) is 7. The number of anilines is 2. The van der Waals surface area contributed by atoms with Gasteiger partial charge >= 0.3 is 5.97 Å². The Kier molecular flexibility index (Phi) is 7.95. The summed E-state index contributed by atoms with van der Waals surface area (Å²) in [6.45, 7) is 9.18. The van der Waals surface area contributed by atoms with Gasteiger partial charge in [-0.1, -0.05) is 0 Å². The topological polar surface area (TPSA) is 69.2 Å². The Balaban J connectivity index is 1.17. The molecule has 0 aliphatic carbocycles. The summed E-state index contributed by atoms with van der Waals surface area (Å²) >= 11 is 0. The highest BCUT2D eigenvalue weighted by Gasteiger charge is 2.23. The lowest BCUT2D eigenvalue weighted by Gasteiger charge is -2.37. The number of benzene rings is 1. The van der Waals surface area contributed by atoms with Gasteiger partial charge in [0.1, 0.15) is 11.6 Å². The van der Waals surface area contributed by atoms with Gasteiger partial charge in [0.2, 0.25) is 5.91 Å². The fraction of sp³-hybridized carbons (Fsp3) is 0.480. The molecule has 0 bridgehead atoms. The Bertz CT molecular complexity index is 954. The van der Waals surface area contributed by atoms with Crippen LogP contribution in [-0.4, -0.2) is 92.2 Å². The molecule has 0 atom stereocenters. The minimum absolute atomic E-state index is 0.192. The SMILES string of the molecule is CCOC(=O)c1ccc(N2CCN(CCC(=O)N3CCN(c4ccc(F)cc4)CC3)CC2)nc1. The van der Waals surface area contributed by atoms with Crippen LogP contribution in [-0.2, 0) is 9.53 Å². The monoisotopic (exact) mass is 469 g/mol. The van der Waals surface area contributed by atoms with Crippen molar-refractivity contribution in [1.82, 2.24) is 14.8 Å². The highest BCUT2D eigenvalue weighted by Crippen LogP contribution is 2.18. The van der Waals surface area contributed by atoms with E-state index in [-0.39, 0.29) is 17.7 Å². The van der Waals surface area contributed by atoms with Crippen molar-refractivity contribution >= 4 is 23.4 Å². The molecular weight excluding hydrogens is 437 g/mol. The number of hydrogen-bond donors (Lipinski definition) is 0. The standard InChI is InChI=1S/C25H32FN5O3/c1-2-34-25(33)20-3-8-23(27-19-20)30-13-11-28(12-14-30)10-9-24(32)31-17-15-29(16-18-31)22-6-4-21(26)5-7-22/h3-8,19H,2,9-18H2,1H3. The second kappa shape index (κ2) is 11.3. The van der Waals surface area contributed by atoms with Crippen molar-refractivity contribution in [3.05, 3.63) is 54.0 Å². The number of piperazine rings is 2. The summed E-state index contributed by atoms with van der Waals surface area (Å²) < 4.78 is 18.1. The predicted octanol–water partition coefficient (Wildman–Crippen LogP) is 2.26. The summed E-state index contributed by atoms with van der Waals surface area (Å²) in [5.74, 6) is 0.453. The predicted molar refractivity (Wildman–Crippen MR) is 129 cm³/mol. The molecule has 0 radical (unpaired) electrons. The van der Waals surface area contributed by atoms with Crippen LogP contribution < -0.4 is 9.80 Å². The third-order valence-corrected chi connectivity index (χ3v) is 6.42. The molecular formula is C25H32FN5O3. The van der Waals surface area contributed by atoms with E-state index in [9.17, 15) is 14.0 Å². The third-order valence-electron chi connectivity index (χ3n) is 6.42. The van der Waals surface area contributed by atoms with E-state index in [0.717, 1.165) is 57.3 Å². The van der Waals surface area contributed by atoms with E-state index < -0.39 is 0 Å². The van der Waals surface area contributed by atoms with Gasteiger partial charge in [-0.3, -0.25) is 9.69 Å². The zero-order valence-corrected chi connectivity index (χ0v) is 19.7. The molecule has 1 aromatic heterocycles. The molecule has 2 aromatic rings. The van der Waals surface area contributed by atoms with Crippen LogP contribution in [0.4, 0.5) is 15.9 Å². The minimum atomic E-state index is -0.354. The summed E-state index contributed by atoms with van der Waals surface area (Å²) in [6.07, 6.45) is 2.08. The molecule has 9 heteroatoms. The lowest BCUT2D eigenvalue weighted by molar-refractivity contribution is -0.131. The number of carbonyl (C=O) groups excluding carboxylic acids is 2. The van der Waals surface area contributed by atoms with E-state index in [1.807, 2.05) is 11.0 Å². The average Bonchev–Trinajstić information content (AvgIpc) is 2.88. The molecule has 3 heterocycles. The Hall–Kier alpha value is -3.20. The largest absolute Gasteiger partial charge is 0.462 e. The molecule has 8 nitrogen and oxygen atoms in total. The Morgan fingerprint density at radius 3 is 2.21 bits per heavy atom. The third kappa shape index (κ3) is 6.02. The summed E-state index contributed by atoms with van der Waals surface area (Å²) in [5, 5.41) is 0. The molecule has 0 spiro atoms. The molecule has 2 aliphatic rings. The first-order valence-electron chi connectivity index (χ1n) is 11.9. The van der Waals surface area contributed by atoms with Gasteiger partial charge < -0.3 is 19.4 Å². The number of aromatic nitrogens is 1. The molecule has 2 fully saturated rings. The maximum atomic E-state index is 13.1. The molecule has 0 unspecified atom stereocenters. The van der Waals surface area contributed by atoms with E-state index in [0.29, 0.717) is 31.7 Å². The Morgan fingerprint density at radius 2 is 1.59 bits per heavy atom. The number of rotatable bonds is 7. The number of amides is 1. The van der Waals surface area contributed by atoms with Crippen LogP contribution in [0.25, 0.3) is 0 Å². The van der Waals surface area contributed by atoms with Crippen molar-refractivity contribution in [2.75, 3.05) is 75.3 Å². The molecule has 0 N–H and O–H groups in total. The average molecular weight is 470 g/mol. The van der Waals surface area contributed by atoms with Gasteiger partial charge in [0.15, 0.2) is 0 Å². The van der Waals surface area contributed by atoms with Gasteiger partial charge in [-0.05, 0) is 43.3 Å². The van der Waals surface area contributed by atoms with Crippen LogP contribution in [0.2, 0.25) is 0 Å². The number of halogens is 1. The van der Waals surface area contributed by atoms with Gasteiger partial charge in [-0.15, -0.1) is 0 Å². The van der Waals surface area contributed by atoms with E-state index in [2.05, 4.69) is 19.7 Å². The zero-order chi connectivity index (χ0) is 23.9. The molecule has 2 saturated heterocycles. The van der Waals surface area contributed by atoms with Gasteiger partial charge in [0.05, 0.1) is 12.2 Å². The van der Waals surface area contributed by atoms with Crippen LogP contribution in [0.1, 0.15) is 23.7 Å². The van der Waals surface area contributed by atoms with E-state index >= 15 is 0 Å². The summed E-state index contributed by atoms with van der Waals surface area (Å²) in [7, 11) is 0. The fourth-order valence-electron chi connectivity index (χ4n) is 4.39. The van der Waals surface area contributed by atoms with Crippen molar-refractivity contribution in [1.29, 1.82) is 0 Å². The minimum Gasteiger partial charge on any atom is -0.462 e. The van der Waals surface area contributed by atoms with Gasteiger partial charge in [0.25, 0.3) is 0 Å². The van der Waals surface area contributed by atoms with Crippen LogP contribution in [0.15, 0.2) is 42.6 Å². The Labute approximate surface area is 199 Å². The first kappa shape index (κ1) is 23.9. The van der Waals surface area contributed by atoms with E-state index in [1.54, 1.807) is 31.3 Å². The Morgan fingerprint density at radius 1 is 0.912 bits per heavy atom. The van der Waals surface area contributed by atoms with Crippen molar-refractivity contribution in [3.8, 4) is 0 Å². The first-order chi connectivity index (χ1) is 16.5. The molecule has 4 rings (SSSR count). The number of carbonyl (C=O) groups is 2. The maximum Gasteiger partial charge on any atom is 0.339 e. The molecule has 2 aliphatic heterocycles. The highest BCUT2D eigenvalue weighted by molar-refractivity contribution is 5.89. The molecule has 0 saturated carbocycles.